The van der Waals surface area contributed by atoms with Crippen LogP contribution in [-0.4, -0.2) is 6.29 Å². The third-order valence-electron chi connectivity index (χ3n) is 1.61. The molecular formula is C9H6O3. The Labute approximate surface area is 68.6 Å². The summed E-state index contributed by atoms with van der Waals surface area (Å²) in [5.74, 6) is 0.554. The fourth-order valence-corrected chi connectivity index (χ4v) is 1.04. The van der Waals surface area contributed by atoms with Gasteiger partial charge in [-0.15, -0.1) is 0 Å². The van der Waals surface area contributed by atoms with Crippen molar-refractivity contribution in [2.24, 2.45) is 0 Å². The maximum absolute atomic E-state index is 10.5. The van der Waals surface area contributed by atoms with Gasteiger partial charge < -0.3 is 8.83 Å². The monoisotopic (exact) mass is 162 g/mol. The Morgan fingerprint density at radius 1 is 1.25 bits per heavy atom. The molecule has 0 amide bonds. The van der Waals surface area contributed by atoms with Crippen molar-refractivity contribution in [3.8, 4) is 11.3 Å². The highest BCUT2D eigenvalue weighted by atomic mass is 16.3. The fraction of sp³-hybridized carbons (Fsp3) is 0. The number of aldehydes is 1. The smallest absolute Gasteiger partial charge is 0.153 e. The average Bonchev–Trinajstić information content (AvgIpc) is 2.74. The minimum atomic E-state index is 0.538. The van der Waals surface area contributed by atoms with E-state index >= 15 is 0 Å². The van der Waals surface area contributed by atoms with Crippen LogP contribution in [-0.2, 0) is 0 Å². The highest BCUT2D eigenvalue weighted by molar-refractivity contribution is 5.84. The van der Waals surface area contributed by atoms with Crippen LogP contribution in [0.1, 0.15) is 10.4 Å². The number of carbonyl (C=O) groups excluding carboxylic acids is 1. The Morgan fingerprint density at radius 3 is 2.83 bits per heavy atom. The zero-order chi connectivity index (χ0) is 8.39. The van der Waals surface area contributed by atoms with E-state index in [1.807, 2.05) is 0 Å². The van der Waals surface area contributed by atoms with Crippen LogP contribution in [0, 0.1) is 0 Å². The van der Waals surface area contributed by atoms with Gasteiger partial charge in [-0.05, 0) is 12.1 Å². The summed E-state index contributed by atoms with van der Waals surface area (Å²) in [5.41, 5.74) is 1.32. The van der Waals surface area contributed by atoms with Crippen molar-refractivity contribution in [2.75, 3.05) is 0 Å². The Balaban J connectivity index is 2.53. The topological polar surface area (TPSA) is 43.4 Å². The molecule has 0 saturated heterocycles. The van der Waals surface area contributed by atoms with Gasteiger partial charge in [0.2, 0.25) is 0 Å². The molecule has 3 nitrogen and oxygen atoms in total. The summed E-state index contributed by atoms with van der Waals surface area (Å²) in [5, 5.41) is 0. The molecule has 2 rings (SSSR count). The van der Waals surface area contributed by atoms with Gasteiger partial charge >= 0.3 is 0 Å². The predicted octanol–water partition coefficient (Wildman–Crippen LogP) is 2.35. The van der Waals surface area contributed by atoms with Crippen molar-refractivity contribution in [2.45, 2.75) is 0 Å². The number of furan rings is 2. The highest BCUT2D eigenvalue weighted by Crippen LogP contribution is 2.23. The van der Waals surface area contributed by atoms with Gasteiger partial charge in [0.25, 0.3) is 0 Å². The number of hydrogen-bond acceptors (Lipinski definition) is 3. The first-order valence-corrected chi connectivity index (χ1v) is 3.47. The summed E-state index contributed by atoms with van der Waals surface area (Å²) in [6.45, 7) is 0. The largest absolute Gasteiger partial charge is 0.472 e. The molecule has 0 radical (unpaired) electrons. The minimum Gasteiger partial charge on any atom is -0.472 e. The molecule has 3 heteroatoms. The molecule has 12 heavy (non-hydrogen) atoms. The molecule has 0 aliphatic carbocycles. The van der Waals surface area contributed by atoms with Crippen LogP contribution >= 0.6 is 0 Å². The van der Waals surface area contributed by atoms with E-state index in [1.54, 1.807) is 12.1 Å². The lowest BCUT2D eigenvalue weighted by molar-refractivity contribution is 0.112. The van der Waals surface area contributed by atoms with E-state index in [2.05, 4.69) is 0 Å². The molecule has 2 heterocycles. The summed E-state index contributed by atoms with van der Waals surface area (Å²) in [4.78, 5) is 10.5. The first-order valence-electron chi connectivity index (χ1n) is 3.47. The molecule has 0 bridgehead atoms. The zero-order valence-electron chi connectivity index (χ0n) is 6.19. The van der Waals surface area contributed by atoms with E-state index in [-0.39, 0.29) is 0 Å². The van der Waals surface area contributed by atoms with E-state index in [9.17, 15) is 4.79 Å². The SMILES string of the molecule is O=Cc1ccoc1-c1ccoc1. The second-order valence-corrected chi connectivity index (χ2v) is 2.33. The summed E-state index contributed by atoms with van der Waals surface area (Å²) in [6.07, 6.45) is 5.30. The van der Waals surface area contributed by atoms with Crippen LogP contribution in [0.25, 0.3) is 11.3 Å². The molecule has 0 N–H and O–H groups in total. The summed E-state index contributed by atoms with van der Waals surface area (Å²) in [7, 11) is 0. The van der Waals surface area contributed by atoms with E-state index < -0.39 is 0 Å². The summed E-state index contributed by atoms with van der Waals surface area (Å²) >= 11 is 0. The van der Waals surface area contributed by atoms with Crippen molar-refractivity contribution < 1.29 is 13.6 Å². The quantitative estimate of drug-likeness (QED) is 0.636. The molecular weight excluding hydrogens is 156 g/mol. The van der Waals surface area contributed by atoms with Gasteiger partial charge in [0.15, 0.2) is 6.29 Å². The Hall–Kier alpha value is -1.77. The van der Waals surface area contributed by atoms with Gasteiger partial charge in [0.1, 0.15) is 12.0 Å². The lowest BCUT2D eigenvalue weighted by atomic mass is 10.2. The average molecular weight is 162 g/mol. The third kappa shape index (κ3) is 0.955. The summed E-state index contributed by atoms with van der Waals surface area (Å²) < 4.78 is 9.97. The van der Waals surface area contributed by atoms with E-state index in [0.717, 1.165) is 11.8 Å². The lowest BCUT2D eigenvalue weighted by Gasteiger charge is -1.89. The molecule has 0 fully saturated rings. The van der Waals surface area contributed by atoms with Crippen molar-refractivity contribution >= 4 is 6.29 Å². The Kier molecular flexibility index (Phi) is 1.55. The van der Waals surface area contributed by atoms with E-state index in [4.69, 9.17) is 8.83 Å². The molecule has 0 aromatic carbocycles. The van der Waals surface area contributed by atoms with Crippen LogP contribution < -0.4 is 0 Å². The van der Waals surface area contributed by atoms with Crippen LogP contribution in [0.5, 0.6) is 0 Å². The van der Waals surface area contributed by atoms with Gasteiger partial charge in [0, 0.05) is 0 Å². The van der Waals surface area contributed by atoms with Crippen LogP contribution in [0.15, 0.2) is 39.8 Å². The molecule has 0 unspecified atom stereocenters. The second-order valence-electron chi connectivity index (χ2n) is 2.33. The minimum absolute atomic E-state index is 0.538. The number of rotatable bonds is 2. The third-order valence-corrected chi connectivity index (χ3v) is 1.61. The first kappa shape index (κ1) is 6.91. The fourth-order valence-electron chi connectivity index (χ4n) is 1.04. The van der Waals surface area contributed by atoms with Gasteiger partial charge in [-0.2, -0.15) is 0 Å². The molecule has 2 aromatic heterocycles. The molecule has 0 aliphatic rings. The van der Waals surface area contributed by atoms with E-state index in [1.165, 1.54) is 18.8 Å². The normalized spacial score (nSPS) is 10.0. The lowest BCUT2D eigenvalue weighted by Crippen LogP contribution is -1.77. The van der Waals surface area contributed by atoms with Crippen molar-refractivity contribution in [1.29, 1.82) is 0 Å². The first-order chi connectivity index (χ1) is 5.92. The summed E-state index contributed by atoms with van der Waals surface area (Å²) in [6, 6.07) is 3.36. The van der Waals surface area contributed by atoms with Crippen LogP contribution in [0.4, 0.5) is 0 Å². The van der Waals surface area contributed by atoms with Crippen LogP contribution in [0.3, 0.4) is 0 Å². The zero-order valence-corrected chi connectivity index (χ0v) is 6.19. The predicted molar refractivity (Wildman–Crippen MR) is 41.8 cm³/mol. The Bertz CT molecular complexity index is 370. The standard InChI is InChI=1S/C9H6O3/c10-5-7-2-4-12-9(7)8-1-3-11-6-8/h1-6H. The van der Waals surface area contributed by atoms with Gasteiger partial charge in [0.05, 0.1) is 23.7 Å². The number of hydrogen-bond donors (Lipinski definition) is 0. The maximum atomic E-state index is 10.5. The van der Waals surface area contributed by atoms with E-state index in [0.29, 0.717) is 11.3 Å². The maximum Gasteiger partial charge on any atom is 0.153 e. The van der Waals surface area contributed by atoms with Gasteiger partial charge in [-0.25, -0.2) is 0 Å². The molecule has 0 aliphatic heterocycles. The van der Waals surface area contributed by atoms with Crippen molar-refractivity contribution in [1.82, 2.24) is 0 Å². The molecule has 2 aromatic rings. The molecule has 0 saturated carbocycles. The molecule has 0 spiro atoms. The molecule has 60 valence electrons. The van der Waals surface area contributed by atoms with Crippen molar-refractivity contribution in [3.63, 3.8) is 0 Å². The highest BCUT2D eigenvalue weighted by Gasteiger charge is 2.08. The Morgan fingerprint density at radius 2 is 2.17 bits per heavy atom. The van der Waals surface area contributed by atoms with Crippen molar-refractivity contribution in [3.05, 3.63) is 36.5 Å². The van der Waals surface area contributed by atoms with Gasteiger partial charge in [-0.3, -0.25) is 4.79 Å². The molecule has 0 atom stereocenters. The number of carbonyl (C=O) groups is 1. The second kappa shape index (κ2) is 2.70. The van der Waals surface area contributed by atoms with Crippen LogP contribution in [0.2, 0.25) is 0 Å². The van der Waals surface area contributed by atoms with Gasteiger partial charge in [-0.1, -0.05) is 0 Å².